The van der Waals surface area contributed by atoms with Gasteiger partial charge in [0.1, 0.15) is 0 Å². The summed E-state index contributed by atoms with van der Waals surface area (Å²) in [5, 5.41) is 3.44. The number of nitrogens with one attached hydrogen (secondary N) is 1. The van der Waals surface area contributed by atoms with Crippen molar-refractivity contribution in [1.82, 2.24) is 24.0 Å². The minimum absolute atomic E-state index is 0. The fourth-order valence-corrected chi connectivity index (χ4v) is 3.98. The van der Waals surface area contributed by atoms with Gasteiger partial charge in [-0.1, -0.05) is 6.42 Å². The van der Waals surface area contributed by atoms with Crippen LogP contribution in [0, 0.1) is 0 Å². The summed E-state index contributed by atoms with van der Waals surface area (Å²) < 4.78 is 9.99. The van der Waals surface area contributed by atoms with Crippen LogP contribution in [0.15, 0.2) is 14.6 Å². The Bertz CT molecular complexity index is 1030. The molecule has 1 fully saturated rings. The van der Waals surface area contributed by atoms with E-state index in [1.54, 1.807) is 7.05 Å². The van der Waals surface area contributed by atoms with Gasteiger partial charge in [-0.3, -0.25) is 18.9 Å². The molecule has 2 aliphatic heterocycles. The van der Waals surface area contributed by atoms with Gasteiger partial charge in [-0.2, -0.15) is 4.98 Å². The standard InChI is InChI=1S/C19H29N7O3.ClH/c1-23-16-15(17(27)24(2)19(23)28)26(18(22-16)25-10-12-29-13-11-25)9-8-21-14-6-4-3-5-7-20-14;/h3-13H2,1-2H3,(H,20,21);1H. The number of aliphatic imine (C=N–C) groups is 1. The first-order chi connectivity index (χ1) is 14.1. The quantitative estimate of drug-likeness (QED) is 0.733. The molecule has 0 aromatic carbocycles. The van der Waals surface area contributed by atoms with Crippen molar-refractivity contribution in [1.29, 1.82) is 0 Å². The van der Waals surface area contributed by atoms with Crippen LogP contribution in [0.3, 0.4) is 0 Å². The third kappa shape index (κ3) is 4.24. The van der Waals surface area contributed by atoms with Crippen LogP contribution in [0.25, 0.3) is 11.2 Å². The molecule has 1 N–H and O–H groups in total. The number of anilines is 1. The highest BCUT2D eigenvalue weighted by Crippen LogP contribution is 2.20. The summed E-state index contributed by atoms with van der Waals surface area (Å²) in [6.07, 6.45) is 4.48. The maximum absolute atomic E-state index is 12.9. The Morgan fingerprint density at radius 1 is 1.07 bits per heavy atom. The molecule has 0 atom stereocenters. The van der Waals surface area contributed by atoms with E-state index < -0.39 is 0 Å². The van der Waals surface area contributed by atoms with Crippen molar-refractivity contribution in [3.05, 3.63) is 20.8 Å². The van der Waals surface area contributed by atoms with Crippen LogP contribution >= 0.6 is 12.4 Å². The second kappa shape index (κ2) is 9.65. The van der Waals surface area contributed by atoms with Gasteiger partial charge in [0.2, 0.25) is 5.95 Å². The van der Waals surface area contributed by atoms with E-state index in [9.17, 15) is 9.59 Å². The van der Waals surface area contributed by atoms with Crippen LogP contribution in [-0.4, -0.2) is 63.9 Å². The minimum Gasteiger partial charge on any atom is -0.378 e. The molecule has 0 bridgehead atoms. The highest BCUT2D eigenvalue weighted by atomic mass is 35.5. The fourth-order valence-electron chi connectivity index (χ4n) is 3.98. The number of hydrogen-bond donors (Lipinski definition) is 1. The lowest BCUT2D eigenvalue weighted by Gasteiger charge is -2.28. The molecular weight excluding hydrogens is 410 g/mol. The van der Waals surface area contributed by atoms with Gasteiger partial charge in [0.15, 0.2) is 11.2 Å². The van der Waals surface area contributed by atoms with Crippen molar-refractivity contribution in [2.75, 3.05) is 44.3 Å². The molecule has 0 unspecified atom stereocenters. The van der Waals surface area contributed by atoms with E-state index in [0.29, 0.717) is 56.5 Å². The van der Waals surface area contributed by atoms with Crippen molar-refractivity contribution < 1.29 is 4.74 Å². The number of aromatic nitrogens is 4. The van der Waals surface area contributed by atoms with Crippen LogP contribution in [0.1, 0.15) is 25.7 Å². The molecule has 2 aromatic heterocycles. The Kier molecular flexibility index (Phi) is 7.19. The third-order valence-corrected chi connectivity index (χ3v) is 5.66. The summed E-state index contributed by atoms with van der Waals surface area (Å²) in [6, 6.07) is 0. The Morgan fingerprint density at radius 3 is 2.60 bits per heavy atom. The van der Waals surface area contributed by atoms with Gasteiger partial charge < -0.3 is 19.5 Å². The second-order valence-corrected chi connectivity index (χ2v) is 7.61. The number of amidine groups is 1. The van der Waals surface area contributed by atoms with E-state index in [2.05, 4.69) is 15.2 Å². The largest absolute Gasteiger partial charge is 0.378 e. The maximum atomic E-state index is 12.9. The maximum Gasteiger partial charge on any atom is 0.332 e. The molecule has 0 aliphatic carbocycles. The Balaban J connectivity index is 0.00000256. The van der Waals surface area contributed by atoms with Gasteiger partial charge in [0.05, 0.1) is 19.0 Å². The Morgan fingerprint density at radius 2 is 1.83 bits per heavy atom. The minimum atomic E-state index is -0.369. The van der Waals surface area contributed by atoms with Gasteiger partial charge in [-0.15, -0.1) is 12.4 Å². The van der Waals surface area contributed by atoms with Gasteiger partial charge in [0.25, 0.3) is 5.56 Å². The molecule has 4 heterocycles. The second-order valence-electron chi connectivity index (χ2n) is 7.61. The normalized spacial score (nSPS) is 17.4. The molecule has 2 aromatic rings. The molecule has 4 rings (SSSR count). The molecule has 11 heteroatoms. The Labute approximate surface area is 181 Å². The molecule has 0 saturated carbocycles. The average Bonchev–Trinajstić information content (AvgIpc) is 2.92. The number of aryl methyl sites for hydroxylation is 1. The molecule has 1 saturated heterocycles. The van der Waals surface area contributed by atoms with E-state index in [4.69, 9.17) is 9.72 Å². The highest BCUT2D eigenvalue weighted by molar-refractivity contribution is 5.85. The van der Waals surface area contributed by atoms with Gasteiger partial charge >= 0.3 is 5.69 Å². The predicted octanol–water partition coefficient (Wildman–Crippen LogP) is 0.254. The van der Waals surface area contributed by atoms with Crippen LogP contribution < -0.4 is 21.5 Å². The van der Waals surface area contributed by atoms with E-state index >= 15 is 0 Å². The monoisotopic (exact) mass is 439 g/mol. The van der Waals surface area contributed by atoms with Crippen LogP contribution in [-0.2, 0) is 25.4 Å². The van der Waals surface area contributed by atoms with E-state index in [1.807, 2.05) is 4.57 Å². The fraction of sp³-hybridized carbons (Fsp3) is 0.684. The van der Waals surface area contributed by atoms with Gasteiger partial charge in [0, 0.05) is 53.2 Å². The average molecular weight is 440 g/mol. The van der Waals surface area contributed by atoms with Crippen molar-refractivity contribution >= 4 is 35.4 Å². The first kappa shape index (κ1) is 22.4. The zero-order chi connectivity index (χ0) is 20.4. The summed E-state index contributed by atoms with van der Waals surface area (Å²) >= 11 is 0. The smallest absolute Gasteiger partial charge is 0.332 e. The first-order valence-corrected chi connectivity index (χ1v) is 10.3. The lowest BCUT2D eigenvalue weighted by atomic mass is 10.2. The zero-order valence-corrected chi connectivity index (χ0v) is 18.4. The molecule has 0 radical (unpaired) electrons. The number of rotatable bonds is 4. The number of hydrogen-bond acceptors (Lipinski definition) is 7. The topological polar surface area (TPSA) is 98.7 Å². The molecule has 2 aliphatic rings. The highest BCUT2D eigenvalue weighted by Gasteiger charge is 2.23. The molecule has 166 valence electrons. The summed E-state index contributed by atoms with van der Waals surface area (Å²) in [4.78, 5) is 36.7. The van der Waals surface area contributed by atoms with Gasteiger partial charge in [-0.05, 0) is 12.8 Å². The lowest BCUT2D eigenvalue weighted by Crippen LogP contribution is -2.39. The number of morpholine rings is 1. The van der Waals surface area contributed by atoms with Crippen molar-refractivity contribution in [2.24, 2.45) is 19.1 Å². The molecule has 0 spiro atoms. The molecule has 10 nitrogen and oxygen atoms in total. The van der Waals surface area contributed by atoms with E-state index in [-0.39, 0.29) is 23.7 Å². The van der Waals surface area contributed by atoms with Crippen LogP contribution in [0.2, 0.25) is 0 Å². The van der Waals surface area contributed by atoms with Crippen LogP contribution in [0.4, 0.5) is 5.95 Å². The Hall–Kier alpha value is -2.33. The van der Waals surface area contributed by atoms with Crippen LogP contribution in [0.5, 0.6) is 0 Å². The number of nitrogens with zero attached hydrogens (tertiary/aromatic N) is 6. The number of halogens is 1. The van der Waals surface area contributed by atoms with Crippen molar-refractivity contribution in [2.45, 2.75) is 32.2 Å². The summed E-state index contributed by atoms with van der Waals surface area (Å²) in [5.74, 6) is 1.76. The predicted molar refractivity (Wildman–Crippen MR) is 119 cm³/mol. The SMILES string of the molecule is Cl.Cn1c(=O)c2c(nc(N3CCOCC3)n2CCNC2=NCCCCC2)n(C)c1=O. The number of ether oxygens (including phenoxy) is 1. The molecule has 30 heavy (non-hydrogen) atoms. The summed E-state index contributed by atoms with van der Waals surface area (Å²) in [7, 11) is 3.16. The van der Waals surface area contributed by atoms with Crippen molar-refractivity contribution in [3.8, 4) is 0 Å². The van der Waals surface area contributed by atoms with E-state index in [1.165, 1.54) is 18.0 Å². The van der Waals surface area contributed by atoms with Gasteiger partial charge in [-0.25, -0.2) is 4.79 Å². The third-order valence-electron chi connectivity index (χ3n) is 5.66. The number of imidazole rings is 1. The molecular formula is C19H30ClN7O3. The zero-order valence-electron chi connectivity index (χ0n) is 17.6. The van der Waals surface area contributed by atoms with Crippen molar-refractivity contribution in [3.63, 3.8) is 0 Å². The number of fused-ring (bicyclic) bond motifs is 1. The lowest BCUT2D eigenvalue weighted by molar-refractivity contribution is 0.121. The molecule has 0 amide bonds. The summed E-state index contributed by atoms with van der Waals surface area (Å²) in [6.45, 7) is 4.74. The van der Waals surface area contributed by atoms with E-state index in [0.717, 1.165) is 36.2 Å². The first-order valence-electron chi connectivity index (χ1n) is 10.3. The summed E-state index contributed by atoms with van der Waals surface area (Å²) in [5.41, 5.74) is 0.195.